The van der Waals surface area contributed by atoms with Crippen LogP contribution < -0.4 is 10.2 Å². The van der Waals surface area contributed by atoms with Crippen molar-refractivity contribution < 1.29 is 9.72 Å². The van der Waals surface area contributed by atoms with Crippen molar-refractivity contribution in [3.05, 3.63) is 28.3 Å². The Balaban J connectivity index is 2.24. The summed E-state index contributed by atoms with van der Waals surface area (Å²) in [6.07, 6.45) is 2.92. The summed E-state index contributed by atoms with van der Waals surface area (Å²) in [4.78, 5) is 24.2. The molecule has 1 heterocycles. The Morgan fingerprint density at radius 2 is 2.10 bits per heavy atom. The van der Waals surface area contributed by atoms with Crippen LogP contribution in [0.4, 0.5) is 17.1 Å². The molecule has 0 unspecified atom stereocenters. The van der Waals surface area contributed by atoms with Gasteiger partial charge in [0.05, 0.1) is 11.0 Å². The SMILES string of the molecule is N#CCC(=O)Nc1ccc(N2CCCCC2)c([N+](=O)[O-])c1. The second-order valence-corrected chi connectivity index (χ2v) is 4.89. The van der Waals surface area contributed by atoms with Crippen LogP contribution in [0.25, 0.3) is 0 Å². The monoisotopic (exact) mass is 288 g/mol. The maximum absolute atomic E-state index is 11.4. The van der Waals surface area contributed by atoms with Gasteiger partial charge < -0.3 is 10.2 Å². The molecule has 1 aliphatic rings. The van der Waals surface area contributed by atoms with E-state index in [4.69, 9.17) is 5.26 Å². The van der Waals surface area contributed by atoms with E-state index in [1.54, 1.807) is 18.2 Å². The first-order chi connectivity index (χ1) is 10.1. The standard InChI is InChI=1S/C14H16N4O3/c15-7-6-14(19)16-11-4-5-12(13(10-11)18(20)21)17-8-2-1-3-9-17/h4-5,10H,1-3,6,8-9H2,(H,16,19). The summed E-state index contributed by atoms with van der Waals surface area (Å²) in [5, 5.41) is 22.2. The molecule has 0 aliphatic carbocycles. The predicted octanol–water partition coefficient (Wildman–Crippen LogP) is 2.44. The molecule has 1 N–H and O–H groups in total. The first kappa shape index (κ1) is 14.8. The maximum atomic E-state index is 11.4. The fourth-order valence-corrected chi connectivity index (χ4v) is 2.43. The molecule has 7 heteroatoms. The average molecular weight is 288 g/mol. The number of benzene rings is 1. The highest BCUT2D eigenvalue weighted by atomic mass is 16.6. The van der Waals surface area contributed by atoms with E-state index in [-0.39, 0.29) is 12.1 Å². The highest BCUT2D eigenvalue weighted by Gasteiger charge is 2.21. The van der Waals surface area contributed by atoms with E-state index >= 15 is 0 Å². The Kier molecular flexibility index (Phi) is 4.72. The molecule has 2 rings (SSSR count). The Morgan fingerprint density at radius 1 is 1.38 bits per heavy atom. The van der Waals surface area contributed by atoms with E-state index in [1.807, 2.05) is 4.90 Å². The van der Waals surface area contributed by atoms with Crippen molar-refractivity contribution in [2.75, 3.05) is 23.3 Å². The second-order valence-electron chi connectivity index (χ2n) is 4.89. The topological polar surface area (TPSA) is 99.3 Å². The predicted molar refractivity (Wildman–Crippen MR) is 78.0 cm³/mol. The third kappa shape index (κ3) is 3.69. The molecular formula is C14H16N4O3. The van der Waals surface area contributed by atoms with Gasteiger partial charge in [-0.25, -0.2) is 0 Å². The number of nitrogens with one attached hydrogen (secondary N) is 1. The van der Waals surface area contributed by atoms with E-state index < -0.39 is 10.8 Å². The molecule has 0 atom stereocenters. The lowest BCUT2D eigenvalue weighted by Crippen LogP contribution is -2.30. The summed E-state index contributed by atoms with van der Waals surface area (Å²) in [6.45, 7) is 1.61. The lowest BCUT2D eigenvalue weighted by atomic mass is 10.1. The molecule has 1 fully saturated rings. The Labute approximate surface area is 122 Å². The summed E-state index contributed by atoms with van der Waals surface area (Å²) < 4.78 is 0. The van der Waals surface area contributed by atoms with Gasteiger partial charge in [0.1, 0.15) is 12.1 Å². The van der Waals surface area contributed by atoms with Gasteiger partial charge in [-0.2, -0.15) is 5.26 Å². The minimum absolute atomic E-state index is 0.0216. The zero-order valence-electron chi connectivity index (χ0n) is 11.5. The molecule has 0 bridgehead atoms. The molecule has 1 aromatic rings. The van der Waals surface area contributed by atoms with Crippen molar-refractivity contribution in [3.8, 4) is 6.07 Å². The molecule has 1 amide bonds. The van der Waals surface area contributed by atoms with Crippen molar-refractivity contribution in [3.63, 3.8) is 0 Å². The van der Waals surface area contributed by atoms with Crippen LogP contribution in [0, 0.1) is 21.4 Å². The summed E-state index contributed by atoms with van der Waals surface area (Å²) in [7, 11) is 0. The third-order valence-corrected chi connectivity index (χ3v) is 3.39. The van der Waals surface area contributed by atoms with Crippen LogP contribution >= 0.6 is 0 Å². The van der Waals surface area contributed by atoms with Crippen molar-refractivity contribution in [1.29, 1.82) is 5.26 Å². The van der Waals surface area contributed by atoms with Crippen LogP contribution in [0.15, 0.2) is 18.2 Å². The number of nitro groups is 1. The van der Waals surface area contributed by atoms with Gasteiger partial charge in [-0.1, -0.05) is 0 Å². The number of piperidine rings is 1. The van der Waals surface area contributed by atoms with Crippen molar-refractivity contribution >= 4 is 23.0 Å². The quantitative estimate of drug-likeness (QED) is 0.677. The molecule has 7 nitrogen and oxygen atoms in total. The van der Waals surface area contributed by atoms with Crippen LogP contribution in [0.1, 0.15) is 25.7 Å². The van der Waals surface area contributed by atoms with Gasteiger partial charge in [-0.15, -0.1) is 0 Å². The Hall–Kier alpha value is -2.62. The Morgan fingerprint density at radius 3 is 2.71 bits per heavy atom. The van der Waals surface area contributed by atoms with E-state index in [9.17, 15) is 14.9 Å². The minimum Gasteiger partial charge on any atom is -0.366 e. The van der Waals surface area contributed by atoms with Crippen LogP contribution in [0.3, 0.4) is 0 Å². The molecule has 0 radical (unpaired) electrons. The van der Waals surface area contributed by atoms with Gasteiger partial charge >= 0.3 is 0 Å². The lowest BCUT2D eigenvalue weighted by molar-refractivity contribution is -0.384. The number of amides is 1. The lowest BCUT2D eigenvalue weighted by Gasteiger charge is -2.28. The number of hydrogen-bond donors (Lipinski definition) is 1. The number of carbonyl (C=O) groups excluding carboxylic acids is 1. The molecule has 0 saturated carbocycles. The number of nitriles is 1. The van der Waals surface area contributed by atoms with Gasteiger partial charge in [-0.3, -0.25) is 14.9 Å². The van der Waals surface area contributed by atoms with Gasteiger partial charge in [0.25, 0.3) is 5.69 Å². The summed E-state index contributed by atoms with van der Waals surface area (Å²) in [5.74, 6) is -0.475. The summed E-state index contributed by atoms with van der Waals surface area (Å²) in [5.41, 5.74) is 0.896. The highest BCUT2D eigenvalue weighted by molar-refractivity contribution is 5.92. The van der Waals surface area contributed by atoms with E-state index in [0.717, 1.165) is 32.4 Å². The number of nitro benzene ring substituents is 1. The van der Waals surface area contributed by atoms with Gasteiger partial charge in [0, 0.05) is 24.8 Å². The number of carbonyl (C=O) groups is 1. The maximum Gasteiger partial charge on any atom is 0.294 e. The number of nitrogens with zero attached hydrogens (tertiary/aromatic N) is 3. The number of anilines is 2. The first-order valence-electron chi connectivity index (χ1n) is 6.82. The minimum atomic E-state index is -0.475. The molecule has 0 aromatic heterocycles. The van der Waals surface area contributed by atoms with E-state index in [1.165, 1.54) is 6.07 Å². The van der Waals surface area contributed by atoms with Crippen LogP contribution in [-0.2, 0) is 4.79 Å². The van der Waals surface area contributed by atoms with Crippen LogP contribution in [-0.4, -0.2) is 23.9 Å². The smallest absolute Gasteiger partial charge is 0.294 e. The zero-order valence-corrected chi connectivity index (χ0v) is 11.5. The molecule has 1 aromatic carbocycles. The van der Waals surface area contributed by atoms with E-state index in [2.05, 4.69) is 5.32 Å². The normalized spacial score (nSPS) is 14.3. The number of rotatable bonds is 4. The van der Waals surface area contributed by atoms with Crippen molar-refractivity contribution in [2.45, 2.75) is 25.7 Å². The van der Waals surface area contributed by atoms with Gasteiger partial charge in [0.2, 0.25) is 5.91 Å². The molecule has 21 heavy (non-hydrogen) atoms. The van der Waals surface area contributed by atoms with Crippen LogP contribution in [0.2, 0.25) is 0 Å². The fourth-order valence-electron chi connectivity index (χ4n) is 2.43. The summed E-state index contributed by atoms with van der Waals surface area (Å²) >= 11 is 0. The summed E-state index contributed by atoms with van der Waals surface area (Å²) in [6, 6.07) is 6.37. The fraction of sp³-hybridized carbons (Fsp3) is 0.429. The van der Waals surface area contributed by atoms with E-state index in [0.29, 0.717) is 11.4 Å². The van der Waals surface area contributed by atoms with Crippen LogP contribution in [0.5, 0.6) is 0 Å². The Bertz CT molecular complexity index is 588. The second kappa shape index (κ2) is 6.70. The zero-order chi connectivity index (χ0) is 15.2. The van der Waals surface area contributed by atoms with Gasteiger partial charge in [0.15, 0.2) is 0 Å². The third-order valence-electron chi connectivity index (χ3n) is 3.39. The molecular weight excluding hydrogens is 272 g/mol. The number of hydrogen-bond acceptors (Lipinski definition) is 5. The molecule has 0 spiro atoms. The molecule has 110 valence electrons. The van der Waals surface area contributed by atoms with Crippen molar-refractivity contribution in [1.82, 2.24) is 0 Å². The first-order valence-corrected chi connectivity index (χ1v) is 6.82. The molecule has 1 aliphatic heterocycles. The highest BCUT2D eigenvalue weighted by Crippen LogP contribution is 2.32. The van der Waals surface area contributed by atoms with Crippen molar-refractivity contribution in [2.24, 2.45) is 0 Å². The average Bonchev–Trinajstić information content (AvgIpc) is 2.48. The molecule has 1 saturated heterocycles. The largest absolute Gasteiger partial charge is 0.366 e. The van der Waals surface area contributed by atoms with Gasteiger partial charge in [-0.05, 0) is 31.4 Å².